The van der Waals surface area contributed by atoms with Gasteiger partial charge in [0.1, 0.15) is 0 Å². The van der Waals surface area contributed by atoms with Crippen molar-refractivity contribution in [1.82, 2.24) is 4.98 Å². The highest BCUT2D eigenvalue weighted by Gasteiger charge is 2.28. The van der Waals surface area contributed by atoms with Crippen molar-refractivity contribution in [2.45, 2.75) is 25.6 Å². The molecule has 0 saturated heterocycles. The molecule has 2 rings (SSSR count). The molecular formula is C9H14N2OS. The zero-order chi connectivity index (χ0) is 9.10. The molecule has 1 heterocycles. The van der Waals surface area contributed by atoms with Crippen LogP contribution in [0.2, 0.25) is 0 Å². The lowest BCUT2D eigenvalue weighted by molar-refractivity contribution is -0.0366. The molecule has 0 atom stereocenters. The average molecular weight is 198 g/mol. The van der Waals surface area contributed by atoms with Gasteiger partial charge < -0.3 is 10.5 Å². The zero-order valence-corrected chi connectivity index (χ0v) is 8.30. The summed E-state index contributed by atoms with van der Waals surface area (Å²) in [6.07, 6.45) is 4.57. The first-order valence-corrected chi connectivity index (χ1v) is 5.45. The third-order valence-corrected chi connectivity index (χ3v) is 3.22. The Morgan fingerprint density at radius 3 is 3.08 bits per heavy atom. The third kappa shape index (κ3) is 2.27. The zero-order valence-electron chi connectivity index (χ0n) is 7.48. The van der Waals surface area contributed by atoms with Crippen LogP contribution in [0.5, 0.6) is 0 Å². The normalized spacial score (nSPS) is 27.2. The van der Waals surface area contributed by atoms with Gasteiger partial charge in [-0.25, -0.2) is 0 Å². The van der Waals surface area contributed by atoms with Gasteiger partial charge in [-0.3, -0.25) is 4.98 Å². The molecule has 0 radical (unpaired) electrons. The molecule has 1 saturated carbocycles. The van der Waals surface area contributed by atoms with Crippen molar-refractivity contribution >= 4 is 11.3 Å². The Labute approximate surface area is 81.9 Å². The summed E-state index contributed by atoms with van der Waals surface area (Å²) in [4.78, 5) is 5.20. The van der Waals surface area contributed by atoms with Gasteiger partial charge in [0, 0.05) is 6.20 Å². The molecule has 0 bridgehead atoms. The number of rotatable bonds is 4. The van der Waals surface area contributed by atoms with Crippen molar-refractivity contribution in [3.8, 4) is 0 Å². The molecule has 1 aromatic heterocycles. The quantitative estimate of drug-likeness (QED) is 0.795. The van der Waals surface area contributed by atoms with Crippen molar-refractivity contribution in [2.24, 2.45) is 11.7 Å². The molecule has 1 fully saturated rings. The first-order valence-electron chi connectivity index (χ1n) is 4.57. The Bertz CT molecular complexity index is 244. The van der Waals surface area contributed by atoms with Crippen LogP contribution in [0.25, 0.3) is 0 Å². The highest BCUT2D eigenvalue weighted by Crippen LogP contribution is 2.29. The smallest absolute Gasteiger partial charge is 0.0829 e. The van der Waals surface area contributed by atoms with Crippen LogP contribution in [0.1, 0.15) is 17.7 Å². The highest BCUT2D eigenvalue weighted by molar-refractivity contribution is 7.09. The summed E-state index contributed by atoms with van der Waals surface area (Å²) in [5.41, 5.74) is 7.36. The van der Waals surface area contributed by atoms with Crippen molar-refractivity contribution in [3.05, 3.63) is 16.6 Å². The van der Waals surface area contributed by atoms with Crippen LogP contribution in [-0.2, 0) is 11.3 Å². The van der Waals surface area contributed by atoms with E-state index in [1.807, 2.05) is 11.7 Å². The largest absolute Gasteiger partial charge is 0.373 e. The number of thiazole rings is 1. The average Bonchev–Trinajstić information content (AvgIpc) is 2.54. The minimum atomic E-state index is 0.440. The lowest BCUT2D eigenvalue weighted by atomic mass is 9.82. The Morgan fingerprint density at radius 2 is 2.46 bits per heavy atom. The van der Waals surface area contributed by atoms with E-state index in [9.17, 15) is 0 Å². The lowest BCUT2D eigenvalue weighted by Crippen LogP contribution is -2.35. The second-order valence-corrected chi connectivity index (χ2v) is 4.44. The number of aromatic nitrogens is 1. The Morgan fingerprint density at radius 1 is 1.62 bits per heavy atom. The molecule has 4 heteroatoms. The Hall–Kier alpha value is -0.450. The fraction of sp³-hybridized carbons (Fsp3) is 0.667. The first-order chi connectivity index (χ1) is 6.38. The molecule has 13 heavy (non-hydrogen) atoms. The Kier molecular flexibility index (Phi) is 2.93. The van der Waals surface area contributed by atoms with E-state index in [0.29, 0.717) is 18.6 Å². The minimum Gasteiger partial charge on any atom is -0.373 e. The van der Waals surface area contributed by atoms with Crippen molar-refractivity contribution in [3.63, 3.8) is 0 Å². The van der Waals surface area contributed by atoms with Gasteiger partial charge in [0.05, 0.1) is 23.1 Å². The summed E-state index contributed by atoms with van der Waals surface area (Å²) in [6, 6.07) is 0. The molecule has 0 amide bonds. The predicted molar refractivity (Wildman–Crippen MR) is 52.5 cm³/mol. The van der Waals surface area contributed by atoms with Gasteiger partial charge in [0.2, 0.25) is 0 Å². The van der Waals surface area contributed by atoms with Crippen molar-refractivity contribution < 1.29 is 4.74 Å². The fourth-order valence-corrected chi connectivity index (χ4v) is 2.03. The van der Waals surface area contributed by atoms with Crippen LogP contribution in [0.4, 0.5) is 0 Å². The molecule has 1 aromatic rings. The molecule has 0 spiro atoms. The summed E-state index contributed by atoms with van der Waals surface area (Å²) in [7, 11) is 0. The third-order valence-electron chi connectivity index (χ3n) is 2.47. The van der Waals surface area contributed by atoms with Gasteiger partial charge in [-0.1, -0.05) is 0 Å². The summed E-state index contributed by atoms with van der Waals surface area (Å²) in [5.74, 6) is 0.700. The maximum atomic E-state index is 5.67. The minimum absolute atomic E-state index is 0.440. The molecule has 2 N–H and O–H groups in total. The molecule has 1 aliphatic rings. The molecule has 0 aromatic carbocycles. The number of hydrogen-bond donors (Lipinski definition) is 1. The van der Waals surface area contributed by atoms with Crippen LogP contribution in [0, 0.1) is 5.92 Å². The fourth-order valence-electron chi connectivity index (χ4n) is 1.52. The predicted octanol–water partition coefficient (Wildman–Crippen LogP) is 1.40. The number of nitrogens with zero attached hydrogens (tertiary/aromatic N) is 1. The van der Waals surface area contributed by atoms with Crippen LogP contribution in [0.3, 0.4) is 0 Å². The molecular weight excluding hydrogens is 184 g/mol. The SMILES string of the molecule is NCC1CC(OCc2cncs2)C1. The molecule has 0 unspecified atom stereocenters. The van der Waals surface area contributed by atoms with Crippen molar-refractivity contribution in [2.75, 3.05) is 6.54 Å². The van der Waals surface area contributed by atoms with E-state index in [1.54, 1.807) is 11.3 Å². The first kappa shape index (κ1) is 9.12. The number of ether oxygens (including phenoxy) is 1. The van der Waals surface area contributed by atoms with Crippen molar-refractivity contribution in [1.29, 1.82) is 0 Å². The van der Waals surface area contributed by atoms with Gasteiger partial charge in [-0.2, -0.15) is 0 Å². The van der Waals surface area contributed by atoms with Crippen LogP contribution in [0.15, 0.2) is 11.7 Å². The van der Waals surface area contributed by atoms with Gasteiger partial charge in [0.15, 0.2) is 0 Å². The van der Waals surface area contributed by atoms with E-state index < -0.39 is 0 Å². The monoisotopic (exact) mass is 198 g/mol. The van der Waals surface area contributed by atoms with E-state index in [4.69, 9.17) is 10.5 Å². The van der Waals surface area contributed by atoms with E-state index in [0.717, 1.165) is 19.4 Å². The van der Waals surface area contributed by atoms with Gasteiger partial charge in [-0.15, -0.1) is 11.3 Å². The molecule has 72 valence electrons. The Balaban J connectivity index is 1.65. The van der Waals surface area contributed by atoms with Crippen LogP contribution >= 0.6 is 11.3 Å². The van der Waals surface area contributed by atoms with Crippen LogP contribution in [-0.4, -0.2) is 17.6 Å². The van der Waals surface area contributed by atoms with Gasteiger partial charge >= 0.3 is 0 Å². The highest BCUT2D eigenvalue weighted by atomic mass is 32.1. The second-order valence-electron chi connectivity index (χ2n) is 3.47. The van der Waals surface area contributed by atoms with E-state index in [2.05, 4.69) is 4.98 Å². The van der Waals surface area contributed by atoms with E-state index in [-0.39, 0.29) is 0 Å². The maximum Gasteiger partial charge on any atom is 0.0829 e. The molecule has 3 nitrogen and oxygen atoms in total. The maximum absolute atomic E-state index is 5.67. The lowest BCUT2D eigenvalue weighted by Gasteiger charge is -2.34. The summed E-state index contributed by atoms with van der Waals surface area (Å²) >= 11 is 1.65. The van der Waals surface area contributed by atoms with Crippen LogP contribution < -0.4 is 5.73 Å². The summed E-state index contributed by atoms with van der Waals surface area (Å²) in [6.45, 7) is 1.52. The van der Waals surface area contributed by atoms with Gasteiger partial charge in [0.25, 0.3) is 0 Å². The summed E-state index contributed by atoms with van der Waals surface area (Å²) < 4.78 is 5.67. The molecule has 1 aliphatic carbocycles. The number of nitrogens with two attached hydrogens (primary N) is 1. The standard InChI is InChI=1S/C9H14N2OS/c10-3-7-1-8(2-7)12-5-9-4-11-6-13-9/h4,6-8H,1-3,5,10H2. The topological polar surface area (TPSA) is 48.1 Å². The van der Waals surface area contributed by atoms with E-state index >= 15 is 0 Å². The van der Waals surface area contributed by atoms with E-state index in [1.165, 1.54) is 4.88 Å². The second kappa shape index (κ2) is 4.17. The molecule has 0 aliphatic heterocycles. The summed E-state index contributed by atoms with van der Waals surface area (Å²) in [5, 5.41) is 0. The number of hydrogen-bond acceptors (Lipinski definition) is 4. The van der Waals surface area contributed by atoms with Gasteiger partial charge in [-0.05, 0) is 25.3 Å².